The fraction of sp³-hybridized carbons (Fsp3) is 0.600. The Kier molecular flexibility index (Phi) is 4.39. The summed E-state index contributed by atoms with van der Waals surface area (Å²) in [5.74, 6) is 1.72. The Balaban J connectivity index is 2.11. The molecule has 1 aliphatic rings. The van der Waals surface area contributed by atoms with Crippen LogP contribution < -0.4 is 10.1 Å². The van der Waals surface area contributed by atoms with Crippen LogP contribution in [0.3, 0.4) is 0 Å². The number of ether oxygens (including phenoxy) is 1. The first-order valence-electron chi connectivity index (χ1n) is 6.74. The second-order valence-electron chi connectivity index (χ2n) is 5.23. The molecule has 2 nitrogen and oxygen atoms in total. The fourth-order valence-electron chi connectivity index (χ4n) is 2.74. The van der Waals surface area contributed by atoms with Crippen LogP contribution >= 0.6 is 11.6 Å². The van der Waals surface area contributed by atoms with Crippen molar-refractivity contribution in [3.63, 3.8) is 0 Å². The third kappa shape index (κ3) is 2.92. The summed E-state index contributed by atoms with van der Waals surface area (Å²) in [6, 6.07) is 4.55. The monoisotopic (exact) mass is 267 g/mol. The van der Waals surface area contributed by atoms with Gasteiger partial charge in [0.05, 0.1) is 12.8 Å². The highest BCUT2D eigenvalue weighted by molar-refractivity contribution is 6.31. The number of hydrogen-bond donors (Lipinski definition) is 1. The summed E-state index contributed by atoms with van der Waals surface area (Å²) < 4.78 is 5.40. The first-order chi connectivity index (χ1) is 8.63. The summed E-state index contributed by atoms with van der Waals surface area (Å²) in [5.41, 5.74) is 2.16. The zero-order valence-corrected chi connectivity index (χ0v) is 12.2. The average Bonchev–Trinajstić information content (AvgIpc) is 2.81. The second-order valence-corrected chi connectivity index (χ2v) is 5.64. The van der Waals surface area contributed by atoms with Crippen molar-refractivity contribution in [1.29, 1.82) is 0 Å². The van der Waals surface area contributed by atoms with Gasteiger partial charge < -0.3 is 10.1 Å². The van der Waals surface area contributed by atoms with Gasteiger partial charge in [0.2, 0.25) is 0 Å². The van der Waals surface area contributed by atoms with Crippen molar-refractivity contribution in [3.8, 4) is 5.75 Å². The maximum Gasteiger partial charge on any atom is 0.143 e. The van der Waals surface area contributed by atoms with Crippen LogP contribution in [0.5, 0.6) is 5.75 Å². The molecule has 1 fully saturated rings. The summed E-state index contributed by atoms with van der Waals surface area (Å²) in [5, 5.41) is 4.37. The lowest BCUT2D eigenvalue weighted by atomic mass is 10.1. The van der Waals surface area contributed by atoms with E-state index in [1.54, 1.807) is 7.11 Å². The molecule has 0 bridgehead atoms. The molecule has 1 aromatic carbocycles. The highest BCUT2D eigenvalue weighted by atomic mass is 35.5. The molecule has 0 aliphatic heterocycles. The van der Waals surface area contributed by atoms with Crippen LogP contribution in [0.4, 0.5) is 5.69 Å². The first kappa shape index (κ1) is 13.5. The van der Waals surface area contributed by atoms with Crippen LogP contribution in [0, 0.1) is 12.8 Å². The number of aryl methyl sites for hydroxylation is 1. The molecule has 0 amide bonds. The van der Waals surface area contributed by atoms with E-state index < -0.39 is 0 Å². The summed E-state index contributed by atoms with van der Waals surface area (Å²) in [6.45, 7) is 4.30. The van der Waals surface area contributed by atoms with Gasteiger partial charge in [0, 0.05) is 17.1 Å². The van der Waals surface area contributed by atoms with Crippen LogP contribution in [0.25, 0.3) is 0 Å². The van der Waals surface area contributed by atoms with Gasteiger partial charge in [-0.1, -0.05) is 24.9 Å². The Labute approximate surface area is 115 Å². The van der Waals surface area contributed by atoms with Crippen LogP contribution in [0.1, 0.15) is 38.2 Å². The molecule has 1 N–H and O–H groups in total. The van der Waals surface area contributed by atoms with Gasteiger partial charge in [0.15, 0.2) is 0 Å². The Morgan fingerprint density at radius 2 is 2.17 bits per heavy atom. The highest BCUT2D eigenvalue weighted by Crippen LogP contribution is 2.35. The lowest BCUT2D eigenvalue weighted by Gasteiger charge is -2.18. The molecule has 100 valence electrons. The maximum absolute atomic E-state index is 6.12. The van der Waals surface area contributed by atoms with E-state index in [9.17, 15) is 0 Å². The molecule has 3 heteroatoms. The van der Waals surface area contributed by atoms with Gasteiger partial charge in [-0.25, -0.2) is 0 Å². The summed E-state index contributed by atoms with van der Waals surface area (Å²) in [4.78, 5) is 0. The molecule has 2 unspecified atom stereocenters. The van der Waals surface area contributed by atoms with Crippen molar-refractivity contribution in [2.45, 2.75) is 45.6 Å². The number of halogens is 1. The number of anilines is 1. The Morgan fingerprint density at radius 1 is 1.39 bits per heavy atom. The van der Waals surface area contributed by atoms with E-state index in [1.807, 2.05) is 13.0 Å². The number of hydrogen-bond acceptors (Lipinski definition) is 2. The van der Waals surface area contributed by atoms with E-state index in [0.717, 1.165) is 27.9 Å². The molecule has 1 aromatic rings. The van der Waals surface area contributed by atoms with Crippen LogP contribution in [-0.2, 0) is 0 Å². The van der Waals surface area contributed by atoms with E-state index in [0.29, 0.717) is 6.04 Å². The zero-order chi connectivity index (χ0) is 13.1. The van der Waals surface area contributed by atoms with Crippen molar-refractivity contribution in [3.05, 3.63) is 22.7 Å². The van der Waals surface area contributed by atoms with Crippen molar-refractivity contribution >= 4 is 17.3 Å². The van der Waals surface area contributed by atoms with Crippen molar-refractivity contribution in [1.82, 2.24) is 0 Å². The molecule has 0 saturated heterocycles. The second kappa shape index (κ2) is 5.83. The largest absolute Gasteiger partial charge is 0.495 e. The van der Waals surface area contributed by atoms with E-state index in [-0.39, 0.29) is 0 Å². The van der Waals surface area contributed by atoms with Crippen LogP contribution in [0.15, 0.2) is 12.1 Å². The molecule has 2 atom stereocenters. The van der Waals surface area contributed by atoms with Gasteiger partial charge in [-0.2, -0.15) is 0 Å². The van der Waals surface area contributed by atoms with E-state index >= 15 is 0 Å². The highest BCUT2D eigenvalue weighted by Gasteiger charge is 2.24. The van der Waals surface area contributed by atoms with Crippen LogP contribution in [0.2, 0.25) is 5.02 Å². The SMILES string of the molecule is CCC1CCC(Nc2cc(C)c(Cl)cc2OC)C1. The van der Waals surface area contributed by atoms with Gasteiger partial charge in [0.25, 0.3) is 0 Å². The molecule has 0 aromatic heterocycles. The molecule has 1 aliphatic carbocycles. The van der Waals surface area contributed by atoms with E-state index in [1.165, 1.54) is 25.7 Å². The molecule has 0 heterocycles. The molecule has 2 rings (SSSR count). The van der Waals surface area contributed by atoms with E-state index in [2.05, 4.69) is 18.3 Å². The Bertz CT molecular complexity index is 419. The number of benzene rings is 1. The summed E-state index contributed by atoms with van der Waals surface area (Å²) in [6.07, 6.45) is 5.14. The zero-order valence-electron chi connectivity index (χ0n) is 11.4. The van der Waals surface area contributed by atoms with Crippen molar-refractivity contribution < 1.29 is 4.74 Å². The third-order valence-electron chi connectivity index (χ3n) is 3.96. The molecular weight excluding hydrogens is 246 g/mol. The predicted molar refractivity (Wildman–Crippen MR) is 77.8 cm³/mol. The standard InChI is InChI=1S/C15H22ClNO/c1-4-11-5-6-12(8-11)17-14-7-10(2)13(16)9-15(14)18-3/h7,9,11-12,17H,4-6,8H2,1-3H3. The van der Waals surface area contributed by atoms with Gasteiger partial charge in [-0.15, -0.1) is 0 Å². The lowest BCUT2D eigenvalue weighted by Crippen LogP contribution is -2.16. The summed E-state index contributed by atoms with van der Waals surface area (Å²) >= 11 is 6.12. The number of rotatable bonds is 4. The minimum atomic E-state index is 0.574. The quantitative estimate of drug-likeness (QED) is 0.858. The topological polar surface area (TPSA) is 21.3 Å². The molecule has 0 radical (unpaired) electrons. The van der Waals surface area contributed by atoms with Gasteiger partial charge >= 0.3 is 0 Å². The van der Waals surface area contributed by atoms with E-state index in [4.69, 9.17) is 16.3 Å². The third-order valence-corrected chi connectivity index (χ3v) is 4.37. The minimum Gasteiger partial charge on any atom is -0.495 e. The Morgan fingerprint density at radius 3 is 2.78 bits per heavy atom. The smallest absolute Gasteiger partial charge is 0.143 e. The number of methoxy groups -OCH3 is 1. The van der Waals surface area contributed by atoms with Gasteiger partial charge in [0.1, 0.15) is 5.75 Å². The van der Waals surface area contributed by atoms with Crippen LogP contribution in [-0.4, -0.2) is 13.2 Å². The summed E-state index contributed by atoms with van der Waals surface area (Å²) in [7, 11) is 1.69. The minimum absolute atomic E-state index is 0.574. The van der Waals surface area contributed by atoms with Gasteiger partial charge in [-0.05, 0) is 43.7 Å². The molecular formula is C15H22ClNO. The van der Waals surface area contributed by atoms with Crippen molar-refractivity contribution in [2.24, 2.45) is 5.92 Å². The molecule has 1 saturated carbocycles. The average molecular weight is 268 g/mol. The first-order valence-corrected chi connectivity index (χ1v) is 7.12. The Hall–Kier alpha value is -0.890. The molecule has 18 heavy (non-hydrogen) atoms. The lowest BCUT2D eigenvalue weighted by molar-refractivity contribution is 0.415. The number of nitrogens with one attached hydrogen (secondary N) is 1. The fourth-order valence-corrected chi connectivity index (χ4v) is 2.90. The maximum atomic E-state index is 6.12. The molecule has 0 spiro atoms. The van der Waals surface area contributed by atoms with Crippen molar-refractivity contribution in [2.75, 3.05) is 12.4 Å². The predicted octanol–water partition coefficient (Wildman–Crippen LogP) is 4.65. The normalized spacial score (nSPS) is 23.1. The van der Waals surface area contributed by atoms with Gasteiger partial charge in [-0.3, -0.25) is 0 Å².